The van der Waals surface area contributed by atoms with Gasteiger partial charge in [0.2, 0.25) is 0 Å². The average molecular weight is 277 g/mol. The second-order valence-electron chi connectivity index (χ2n) is 5.66. The first-order valence-corrected chi connectivity index (χ1v) is 7.28. The number of hydrogen-bond donors (Lipinski definition) is 1. The molecule has 1 heterocycles. The molecule has 5 heteroatoms. The Morgan fingerprint density at radius 1 is 1.40 bits per heavy atom. The molecule has 1 aromatic carbocycles. The number of rotatable bonds is 5. The minimum atomic E-state index is -0.327. The van der Waals surface area contributed by atoms with Crippen LogP contribution in [0.1, 0.15) is 25.3 Å². The highest BCUT2D eigenvalue weighted by molar-refractivity contribution is 5.59. The smallest absolute Gasteiger partial charge is 0.274 e. The number of nitrogens with one attached hydrogen (secondary N) is 1. The van der Waals surface area contributed by atoms with E-state index in [-0.39, 0.29) is 10.6 Å². The fourth-order valence-corrected chi connectivity index (χ4v) is 2.65. The predicted octanol–water partition coefficient (Wildman–Crippen LogP) is 3.05. The number of nitro benzene ring substituents is 1. The summed E-state index contributed by atoms with van der Waals surface area (Å²) in [6, 6.07) is 5.18. The molecule has 1 aliphatic rings. The van der Waals surface area contributed by atoms with E-state index in [1.54, 1.807) is 19.1 Å². The number of piperidine rings is 1. The summed E-state index contributed by atoms with van der Waals surface area (Å²) >= 11 is 0. The molecule has 0 amide bonds. The normalized spacial score (nSPS) is 17.1. The van der Waals surface area contributed by atoms with Crippen LogP contribution < -0.4 is 5.32 Å². The molecule has 110 valence electrons. The van der Waals surface area contributed by atoms with Crippen molar-refractivity contribution in [3.8, 4) is 0 Å². The molecule has 5 nitrogen and oxygen atoms in total. The number of likely N-dealkylation sites (tertiary alicyclic amines) is 1. The summed E-state index contributed by atoms with van der Waals surface area (Å²) in [4.78, 5) is 13.0. The summed E-state index contributed by atoms with van der Waals surface area (Å²) in [5.74, 6) is 0.846. The van der Waals surface area contributed by atoms with Crippen LogP contribution in [0, 0.1) is 23.0 Å². The Bertz CT molecular complexity index is 468. The maximum Gasteiger partial charge on any atom is 0.274 e. The fourth-order valence-electron chi connectivity index (χ4n) is 2.65. The van der Waals surface area contributed by atoms with E-state index in [1.807, 2.05) is 6.07 Å². The zero-order valence-electron chi connectivity index (χ0n) is 12.3. The van der Waals surface area contributed by atoms with Gasteiger partial charge in [-0.15, -0.1) is 0 Å². The fraction of sp³-hybridized carbons (Fsp3) is 0.600. The first kappa shape index (κ1) is 14.8. The lowest BCUT2D eigenvalue weighted by Gasteiger charge is -2.30. The Labute approximate surface area is 120 Å². The Balaban J connectivity index is 1.85. The largest absolute Gasteiger partial charge is 0.383 e. The molecule has 0 saturated carbocycles. The van der Waals surface area contributed by atoms with Crippen LogP contribution in [0.5, 0.6) is 0 Å². The summed E-state index contributed by atoms with van der Waals surface area (Å²) in [5.41, 5.74) is 1.76. The molecule has 1 saturated heterocycles. The van der Waals surface area contributed by atoms with E-state index < -0.39 is 0 Å². The number of nitro groups is 1. The quantitative estimate of drug-likeness (QED) is 0.664. The predicted molar refractivity (Wildman–Crippen MR) is 81.2 cm³/mol. The zero-order chi connectivity index (χ0) is 14.5. The third-order valence-electron chi connectivity index (χ3n) is 4.12. The van der Waals surface area contributed by atoms with Crippen molar-refractivity contribution < 1.29 is 4.92 Å². The van der Waals surface area contributed by atoms with Gasteiger partial charge in [0.05, 0.1) is 4.92 Å². The summed E-state index contributed by atoms with van der Waals surface area (Å²) in [7, 11) is 0. The minimum Gasteiger partial charge on any atom is -0.383 e. The summed E-state index contributed by atoms with van der Waals surface area (Å²) in [6.45, 7) is 8.25. The van der Waals surface area contributed by atoms with Crippen molar-refractivity contribution in [1.82, 2.24) is 4.90 Å². The maximum atomic E-state index is 10.9. The van der Waals surface area contributed by atoms with E-state index >= 15 is 0 Å². The van der Waals surface area contributed by atoms with Crippen LogP contribution in [-0.2, 0) is 0 Å². The van der Waals surface area contributed by atoms with Crippen LogP contribution >= 0.6 is 0 Å². The second kappa shape index (κ2) is 6.70. The van der Waals surface area contributed by atoms with Gasteiger partial charge in [-0.3, -0.25) is 10.1 Å². The summed E-state index contributed by atoms with van der Waals surface area (Å²) < 4.78 is 0. The van der Waals surface area contributed by atoms with Gasteiger partial charge in [0, 0.05) is 30.4 Å². The number of anilines is 1. The Hall–Kier alpha value is -1.62. The van der Waals surface area contributed by atoms with Gasteiger partial charge in [-0.2, -0.15) is 0 Å². The first-order chi connectivity index (χ1) is 9.58. The molecule has 1 aromatic rings. The van der Waals surface area contributed by atoms with Crippen molar-refractivity contribution in [3.05, 3.63) is 33.9 Å². The van der Waals surface area contributed by atoms with Gasteiger partial charge < -0.3 is 10.2 Å². The van der Waals surface area contributed by atoms with E-state index in [0.29, 0.717) is 5.56 Å². The van der Waals surface area contributed by atoms with Crippen LogP contribution in [0.4, 0.5) is 11.4 Å². The van der Waals surface area contributed by atoms with Crippen molar-refractivity contribution in [2.45, 2.75) is 26.7 Å². The zero-order valence-corrected chi connectivity index (χ0v) is 12.3. The molecule has 0 spiro atoms. The van der Waals surface area contributed by atoms with Crippen molar-refractivity contribution >= 4 is 11.4 Å². The molecule has 0 aromatic heterocycles. The summed E-state index contributed by atoms with van der Waals surface area (Å²) in [5, 5.41) is 14.2. The topological polar surface area (TPSA) is 58.4 Å². The maximum absolute atomic E-state index is 10.9. The number of nitrogens with zero attached hydrogens (tertiary/aromatic N) is 2. The van der Waals surface area contributed by atoms with Gasteiger partial charge >= 0.3 is 0 Å². The van der Waals surface area contributed by atoms with Crippen LogP contribution in [0.3, 0.4) is 0 Å². The lowest BCUT2D eigenvalue weighted by atomic mass is 9.99. The molecule has 1 fully saturated rings. The highest BCUT2D eigenvalue weighted by atomic mass is 16.6. The van der Waals surface area contributed by atoms with Crippen LogP contribution in [0.2, 0.25) is 0 Å². The van der Waals surface area contributed by atoms with E-state index in [4.69, 9.17) is 0 Å². The minimum absolute atomic E-state index is 0.182. The van der Waals surface area contributed by atoms with E-state index in [1.165, 1.54) is 12.8 Å². The number of benzene rings is 1. The van der Waals surface area contributed by atoms with Crippen LogP contribution in [-0.4, -0.2) is 36.0 Å². The molecular formula is C15H23N3O2. The molecule has 1 N–H and O–H groups in total. The van der Waals surface area contributed by atoms with Gasteiger partial charge in [0.1, 0.15) is 0 Å². The lowest BCUT2D eigenvalue weighted by molar-refractivity contribution is -0.385. The highest BCUT2D eigenvalue weighted by Crippen LogP contribution is 2.24. The molecule has 0 aliphatic carbocycles. The van der Waals surface area contributed by atoms with Crippen molar-refractivity contribution in [2.75, 3.05) is 31.5 Å². The van der Waals surface area contributed by atoms with E-state index in [2.05, 4.69) is 17.1 Å². The monoisotopic (exact) mass is 277 g/mol. The van der Waals surface area contributed by atoms with E-state index in [0.717, 1.165) is 37.8 Å². The molecule has 2 rings (SSSR count). The lowest BCUT2D eigenvalue weighted by Crippen LogP contribution is -2.36. The van der Waals surface area contributed by atoms with Crippen LogP contribution in [0.25, 0.3) is 0 Å². The standard InChI is InChI=1S/C15H23N3O2/c1-12-6-9-17(10-7-12)11-8-16-14-4-3-5-15(13(14)2)18(19)20/h3-5,12,16H,6-11H2,1-2H3. The SMILES string of the molecule is Cc1c(NCCN2CCC(C)CC2)cccc1[N+](=O)[O-]. The van der Waals surface area contributed by atoms with Gasteiger partial charge in [0.25, 0.3) is 5.69 Å². The first-order valence-electron chi connectivity index (χ1n) is 7.28. The Kier molecular flexibility index (Phi) is 4.95. The van der Waals surface area contributed by atoms with Crippen molar-refractivity contribution in [2.24, 2.45) is 5.92 Å². The molecule has 20 heavy (non-hydrogen) atoms. The molecule has 0 unspecified atom stereocenters. The second-order valence-corrected chi connectivity index (χ2v) is 5.66. The summed E-state index contributed by atoms with van der Waals surface area (Å²) in [6.07, 6.45) is 2.55. The Morgan fingerprint density at radius 2 is 2.10 bits per heavy atom. The van der Waals surface area contributed by atoms with Crippen molar-refractivity contribution in [1.29, 1.82) is 0 Å². The van der Waals surface area contributed by atoms with Gasteiger partial charge in [-0.05, 0) is 44.8 Å². The average Bonchev–Trinajstić information content (AvgIpc) is 2.42. The van der Waals surface area contributed by atoms with Gasteiger partial charge in [0.15, 0.2) is 0 Å². The number of hydrogen-bond acceptors (Lipinski definition) is 4. The van der Waals surface area contributed by atoms with Gasteiger partial charge in [-0.1, -0.05) is 13.0 Å². The molecule has 0 radical (unpaired) electrons. The Morgan fingerprint density at radius 3 is 2.75 bits per heavy atom. The van der Waals surface area contributed by atoms with Crippen molar-refractivity contribution in [3.63, 3.8) is 0 Å². The highest BCUT2D eigenvalue weighted by Gasteiger charge is 2.16. The molecule has 0 atom stereocenters. The molecule has 1 aliphatic heterocycles. The molecule has 0 bridgehead atoms. The van der Waals surface area contributed by atoms with Crippen LogP contribution in [0.15, 0.2) is 18.2 Å². The third-order valence-corrected chi connectivity index (χ3v) is 4.12. The molecular weight excluding hydrogens is 254 g/mol. The third kappa shape index (κ3) is 3.70. The van der Waals surface area contributed by atoms with E-state index in [9.17, 15) is 10.1 Å². The van der Waals surface area contributed by atoms with Gasteiger partial charge in [-0.25, -0.2) is 0 Å².